The molecule has 1 aromatic carbocycles. The molecule has 5 heteroatoms. The summed E-state index contributed by atoms with van der Waals surface area (Å²) in [6.07, 6.45) is 2.30. The summed E-state index contributed by atoms with van der Waals surface area (Å²) in [5.41, 5.74) is 8.48. The fraction of sp³-hybridized carbons (Fsp3) is 0.286. The maximum Gasteiger partial charge on any atom is 0.143 e. The molecule has 0 aliphatic heterocycles. The molecule has 3 rings (SSSR count). The molecular weight excluding hydrogens is 283 g/mol. The van der Waals surface area contributed by atoms with Crippen LogP contribution in [0.15, 0.2) is 29.0 Å². The third kappa shape index (κ3) is 2.69. The Hall–Kier alpha value is -1.26. The molecule has 0 saturated heterocycles. The zero-order valence-electron chi connectivity index (χ0n) is 10.3. The summed E-state index contributed by atoms with van der Waals surface area (Å²) in [5.74, 6) is -0.464. The highest BCUT2D eigenvalue weighted by molar-refractivity contribution is 7.07. The second-order valence-corrected chi connectivity index (χ2v) is 6.00. The first-order valence-electron chi connectivity index (χ1n) is 6.17. The predicted octanol–water partition coefficient (Wildman–Crippen LogP) is 4.29. The van der Waals surface area contributed by atoms with Gasteiger partial charge in [-0.05, 0) is 41.3 Å². The second-order valence-electron chi connectivity index (χ2n) is 4.82. The van der Waals surface area contributed by atoms with Gasteiger partial charge in [-0.15, -0.1) is 0 Å². The standard InChI is InChI=1S/C14H14ClFN2S/c15-11-5-14(13(17)6-12(11)16)18(10-1-2-10)7-9-3-4-19-8-9/h3-6,8,10H,1-2,7,17H2. The average molecular weight is 297 g/mol. The van der Waals surface area contributed by atoms with Gasteiger partial charge in [0.15, 0.2) is 0 Å². The highest BCUT2D eigenvalue weighted by Crippen LogP contribution is 2.38. The topological polar surface area (TPSA) is 29.3 Å². The monoisotopic (exact) mass is 296 g/mol. The smallest absolute Gasteiger partial charge is 0.143 e. The summed E-state index contributed by atoms with van der Waals surface area (Å²) in [4.78, 5) is 2.22. The Morgan fingerprint density at radius 1 is 1.42 bits per heavy atom. The van der Waals surface area contributed by atoms with Crippen molar-refractivity contribution in [2.24, 2.45) is 0 Å². The Bertz CT molecular complexity index is 581. The van der Waals surface area contributed by atoms with E-state index < -0.39 is 5.82 Å². The minimum atomic E-state index is -0.464. The van der Waals surface area contributed by atoms with E-state index in [-0.39, 0.29) is 5.02 Å². The molecule has 1 aliphatic rings. The lowest BCUT2D eigenvalue weighted by Gasteiger charge is -2.26. The normalized spacial score (nSPS) is 14.6. The fourth-order valence-corrected chi connectivity index (χ4v) is 2.99. The van der Waals surface area contributed by atoms with Gasteiger partial charge in [-0.3, -0.25) is 0 Å². The van der Waals surface area contributed by atoms with Gasteiger partial charge < -0.3 is 10.6 Å². The number of nitrogen functional groups attached to an aromatic ring is 1. The van der Waals surface area contributed by atoms with Gasteiger partial charge in [0.2, 0.25) is 0 Å². The van der Waals surface area contributed by atoms with E-state index in [2.05, 4.69) is 21.7 Å². The third-order valence-corrected chi connectivity index (χ3v) is 4.32. The van der Waals surface area contributed by atoms with Gasteiger partial charge >= 0.3 is 0 Å². The first-order chi connectivity index (χ1) is 9.15. The van der Waals surface area contributed by atoms with Crippen LogP contribution < -0.4 is 10.6 Å². The number of hydrogen-bond acceptors (Lipinski definition) is 3. The van der Waals surface area contributed by atoms with Crippen LogP contribution in [0.2, 0.25) is 5.02 Å². The Morgan fingerprint density at radius 2 is 2.21 bits per heavy atom. The van der Waals surface area contributed by atoms with Crippen molar-refractivity contribution in [3.63, 3.8) is 0 Å². The van der Waals surface area contributed by atoms with E-state index in [4.69, 9.17) is 17.3 Å². The Balaban J connectivity index is 1.94. The summed E-state index contributed by atoms with van der Waals surface area (Å²) in [7, 11) is 0. The van der Waals surface area contributed by atoms with Crippen molar-refractivity contribution in [1.82, 2.24) is 0 Å². The maximum absolute atomic E-state index is 13.4. The molecule has 1 aromatic heterocycles. The van der Waals surface area contributed by atoms with Crippen LogP contribution in [-0.4, -0.2) is 6.04 Å². The van der Waals surface area contributed by atoms with Crippen LogP contribution in [-0.2, 0) is 6.54 Å². The zero-order valence-corrected chi connectivity index (χ0v) is 11.8. The molecule has 0 spiro atoms. The molecule has 19 heavy (non-hydrogen) atoms. The van der Waals surface area contributed by atoms with E-state index in [1.165, 1.54) is 11.6 Å². The molecule has 0 atom stereocenters. The second kappa shape index (κ2) is 5.02. The first-order valence-corrected chi connectivity index (χ1v) is 7.49. The molecule has 1 heterocycles. The summed E-state index contributed by atoms with van der Waals surface area (Å²) < 4.78 is 13.4. The van der Waals surface area contributed by atoms with Gasteiger partial charge in [-0.2, -0.15) is 11.3 Å². The fourth-order valence-electron chi connectivity index (χ4n) is 2.18. The van der Waals surface area contributed by atoms with Gasteiger partial charge in [-0.25, -0.2) is 4.39 Å². The van der Waals surface area contributed by atoms with Crippen molar-refractivity contribution >= 4 is 34.3 Å². The summed E-state index contributed by atoms with van der Waals surface area (Å²) >= 11 is 7.56. The van der Waals surface area contributed by atoms with E-state index >= 15 is 0 Å². The molecular formula is C14H14ClFN2S. The number of thiophene rings is 1. The highest BCUT2D eigenvalue weighted by Gasteiger charge is 2.30. The highest BCUT2D eigenvalue weighted by atomic mass is 35.5. The number of halogens is 2. The lowest BCUT2D eigenvalue weighted by Crippen LogP contribution is -2.25. The van der Waals surface area contributed by atoms with Crippen LogP contribution in [0.1, 0.15) is 18.4 Å². The van der Waals surface area contributed by atoms with Gasteiger partial charge in [0, 0.05) is 18.7 Å². The third-order valence-electron chi connectivity index (χ3n) is 3.30. The van der Waals surface area contributed by atoms with Crippen LogP contribution >= 0.6 is 22.9 Å². The molecule has 0 bridgehead atoms. The Kier molecular flexibility index (Phi) is 3.37. The average Bonchev–Trinajstić information content (AvgIpc) is 3.09. The molecule has 2 nitrogen and oxygen atoms in total. The Morgan fingerprint density at radius 3 is 2.84 bits per heavy atom. The number of rotatable bonds is 4. The number of nitrogens with two attached hydrogens (primary N) is 1. The van der Waals surface area contributed by atoms with Crippen molar-refractivity contribution in [1.29, 1.82) is 0 Å². The largest absolute Gasteiger partial charge is 0.397 e. The quantitative estimate of drug-likeness (QED) is 0.853. The van der Waals surface area contributed by atoms with E-state index in [1.54, 1.807) is 17.4 Å². The lowest BCUT2D eigenvalue weighted by molar-refractivity contribution is 0.628. The van der Waals surface area contributed by atoms with Crippen LogP contribution in [0.5, 0.6) is 0 Å². The number of benzene rings is 1. The van der Waals surface area contributed by atoms with Crippen molar-refractivity contribution in [3.8, 4) is 0 Å². The minimum absolute atomic E-state index is 0.125. The first kappa shape index (κ1) is 12.8. The van der Waals surface area contributed by atoms with Crippen molar-refractivity contribution < 1.29 is 4.39 Å². The van der Waals surface area contributed by atoms with Crippen LogP contribution in [0, 0.1) is 5.82 Å². The summed E-state index contributed by atoms with van der Waals surface area (Å²) in [6, 6.07) is 5.53. The molecule has 0 radical (unpaired) electrons. The number of nitrogens with zero attached hydrogens (tertiary/aromatic N) is 1. The molecule has 1 aliphatic carbocycles. The predicted molar refractivity (Wildman–Crippen MR) is 79.3 cm³/mol. The van der Waals surface area contributed by atoms with Gasteiger partial charge in [0.05, 0.1) is 16.4 Å². The van der Waals surface area contributed by atoms with E-state index in [0.717, 1.165) is 25.1 Å². The number of hydrogen-bond donors (Lipinski definition) is 1. The molecule has 1 fully saturated rings. The summed E-state index contributed by atoms with van der Waals surface area (Å²) in [5, 5.41) is 4.30. The molecule has 100 valence electrons. The molecule has 0 amide bonds. The summed E-state index contributed by atoms with van der Waals surface area (Å²) in [6.45, 7) is 0.792. The van der Waals surface area contributed by atoms with E-state index in [1.807, 2.05) is 0 Å². The van der Waals surface area contributed by atoms with Gasteiger partial charge in [0.1, 0.15) is 5.82 Å². The van der Waals surface area contributed by atoms with Gasteiger partial charge in [0.25, 0.3) is 0 Å². The van der Waals surface area contributed by atoms with Gasteiger partial charge in [-0.1, -0.05) is 11.6 Å². The number of anilines is 2. The van der Waals surface area contributed by atoms with Crippen molar-refractivity contribution in [2.45, 2.75) is 25.4 Å². The van der Waals surface area contributed by atoms with Crippen LogP contribution in [0.3, 0.4) is 0 Å². The Labute approximate surface area is 120 Å². The maximum atomic E-state index is 13.4. The molecule has 1 saturated carbocycles. The zero-order chi connectivity index (χ0) is 13.4. The van der Waals surface area contributed by atoms with E-state index in [0.29, 0.717) is 11.7 Å². The molecule has 2 aromatic rings. The van der Waals surface area contributed by atoms with Crippen LogP contribution in [0.25, 0.3) is 0 Å². The van der Waals surface area contributed by atoms with Crippen molar-refractivity contribution in [3.05, 3.63) is 45.4 Å². The lowest BCUT2D eigenvalue weighted by atomic mass is 10.2. The van der Waals surface area contributed by atoms with Crippen molar-refractivity contribution in [2.75, 3.05) is 10.6 Å². The van der Waals surface area contributed by atoms with Crippen LogP contribution in [0.4, 0.5) is 15.8 Å². The minimum Gasteiger partial charge on any atom is -0.397 e. The SMILES string of the molecule is Nc1cc(F)c(Cl)cc1N(Cc1ccsc1)C1CC1. The molecule has 2 N–H and O–H groups in total. The molecule has 0 unspecified atom stereocenters. The van der Waals surface area contributed by atoms with E-state index in [9.17, 15) is 4.39 Å².